The molecule has 1 fully saturated rings. The van der Waals surface area contributed by atoms with Crippen molar-refractivity contribution in [3.8, 4) is 5.75 Å². The summed E-state index contributed by atoms with van der Waals surface area (Å²) in [6, 6.07) is 12.7. The molecular formula is C22H21Cl2N3O3S. The monoisotopic (exact) mass is 477 g/mol. The molecule has 1 aromatic heterocycles. The van der Waals surface area contributed by atoms with E-state index < -0.39 is 0 Å². The van der Waals surface area contributed by atoms with Crippen LogP contribution < -0.4 is 15.0 Å². The van der Waals surface area contributed by atoms with Gasteiger partial charge in [0.05, 0.1) is 36.7 Å². The van der Waals surface area contributed by atoms with Crippen molar-refractivity contribution in [2.24, 2.45) is 0 Å². The zero-order valence-electron chi connectivity index (χ0n) is 16.6. The highest BCUT2D eigenvalue weighted by Crippen LogP contribution is 2.30. The van der Waals surface area contributed by atoms with Crippen LogP contribution in [0.5, 0.6) is 5.75 Å². The van der Waals surface area contributed by atoms with E-state index in [9.17, 15) is 4.79 Å². The van der Waals surface area contributed by atoms with Gasteiger partial charge in [0.1, 0.15) is 17.4 Å². The summed E-state index contributed by atoms with van der Waals surface area (Å²) in [5.41, 5.74) is 2.34. The molecule has 0 atom stereocenters. The fraction of sp³-hybridized carbons (Fsp3) is 0.273. The molecule has 4 rings (SSSR count). The number of carbonyl (C=O) groups excluding carboxylic acids is 1. The van der Waals surface area contributed by atoms with Gasteiger partial charge >= 0.3 is 0 Å². The molecule has 0 spiro atoms. The summed E-state index contributed by atoms with van der Waals surface area (Å²) in [6.07, 6.45) is 0.173. The largest absolute Gasteiger partial charge is 0.486 e. The molecule has 0 radical (unpaired) electrons. The van der Waals surface area contributed by atoms with Gasteiger partial charge in [-0.1, -0.05) is 23.2 Å². The Kier molecular flexibility index (Phi) is 7.29. The van der Waals surface area contributed by atoms with Crippen molar-refractivity contribution in [2.75, 3.05) is 36.5 Å². The standard InChI is InChI=1S/C22H21Cl2N3O3S/c23-15-1-4-18(5-2-15)30-13-22-25-17(14-31-22)12-21(28)26-19-11-16(24)3-6-20(19)27-7-9-29-10-8-27/h1-6,11,14H,7-10,12-13H2,(H,26,28). The molecule has 3 aromatic rings. The van der Waals surface area contributed by atoms with E-state index in [-0.39, 0.29) is 12.3 Å². The topological polar surface area (TPSA) is 63.7 Å². The second kappa shape index (κ2) is 10.3. The second-order valence-electron chi connectivity index (χ2n) is 6.96. The highest BCUT2D eigenvalue weighted by atomic mass is 35.5. The number of ether oxygens (including phenoxy) is 2. The van der Waals surface area contributed by atoms with Crippen LogP contribution in [-0.4, -0.2) is 37.2 Å². The Morgan fingerprint density at radius 1 is 1.13 bits per heavy atom. The van der Waals surface area contributed by atoms with Gasteiger partial charge in [0.25, 0.3) is 0 Å². The minimum atomic E-state index is -0.146. The van der Waals surface area contributed by atoms with E-state index in [1.165, 1.54) is 11.3 Å². The average molecular weight is 478 g/mol. The van der Waals surface area contributed by atoms with Crippen molar-refractivity contribution in [1.82, 2.24) is 4.98 Å². The van der Waals surface area contributed by atoms with Crippen LogP contribution in [0, 0.1) is 0 Å². The predicted octanol–water partition coefficient (Wildman–Crippen LogP) is 5.05. The number of anilines is 2. The summed E-state index contributed by atoms with van der Waals surface area (Å²) in [5.74, 6) is 0.572. The maximum absolute atomic E-state index is 12.7. The molecule has 0 saturated carbocycles. The Morgan fingerprint density at radius 2 is 1.87 bits per heavy atom. The zero-order chi connectivity index (χ0) is 21.6. The minimum Gasteiger partial charge on any atom is -0.486 e. The third-order valence-electron chi connectivity index (χ3n) is 4.70. The van der Waals surface area contributed by atoms with Crippen LogP contribution in [0.25, 0.3) is 0 Å². The van der Waals surface area contributed by atoms with Crippen LogP contribution >= 0.6 is 34.5 Å². The molecular weight excluding hydrogens is 457 g/mol. The molecule has 2 aromatic carbocycles. The van der Waals surface area contributed by atoms with Gasteiger partial charge in [-0.2, -0.15) is 0 Å². The Balaban J connectivity index is 1.36. The van der Waals surface area contributed by atoms with E-state index in [0.29, 0.717) is 41.2 Å². The molecule has 31 heavy (non-hydrogen) atoms. The first kappa shape index (κ1) is 21.9. The Bertz CT molecular complexity index is 1040. The Morgan fingerprint density at radius 3 is 2.65 bits per heavy atom. The first-order valence-electron chi connectivity index (χ1n) is 9.80. The molecule has 2 heterocycles. The predicted molar refractivity (Wildman–Crippen MR) is 125 cm³/mol. The highest BCUT2D eigenvalue weighted by Gasteiger charge is 2.17. The van der Waals surface area contributed by atoms with Crippen LogP contribution in [0.1, 0.15) is 10.7 Å². The zero-order valence-corrected chi connectivity index (χ0v) is 19.0. The number of rotatable bonds is 7. The SMILES string of the molecule is O=C(Cc1csc(COc2ccc(Cl)cc2)n1)Nc1cc(Cl)ccc1N1CCOCC1. The van der Waals surface area contributed by atoms with Crippen molar-refractivity contribution in [3.63, 3.8) is 0 Å². The summed E-state index contributed by atoms with van der Waals surface area (Å²) in [4.78, 5) is 19.4. The number of benzene rings is 2. The van der Waals surface area contributed by atoms with E-state index in [1.54, 1.807) is 30.3 Å². The van der Waals surface area contributed by atoms with Crippen LogP contribution in [0.15, 0.2) is 47.8 Å². The number of carbonyl (C=O) groups is 1. The maximum atomic E-state index is 12.7. The van der Waals surface area contributed by atoms with Gasteiger partial charge in [0.15, 0.2) is 0 Å². The summed E-state index contributed by atoms with van der Waals surface area (Å²) < 4.78 is 11.1. The van der Waals surface area contributed by atoms with Gasteiger partial charge in [0, 0.05) is 28.5 Å². The summed E-state index contributed by atoms with van der Waals surface area (Å²) in [7, 11) is 0. The first-order chi connectivity index (χ1) is 15.1. The van der Waals surface area contributed by atoms with E-state index in [2.05, 4.69) is 15.2 Å². The lowest BCUT2D eigenvalue weighted by atomic mass is 10.2. The molecule has 9 heteroatoms. The Labute approximate surface area is 194 Å². The lowest BCUT2D eigenvalue weighted by Crippen LogP contribution is -2.36. The van der Waals surface area contributed by atoms with E-state index in [0.717, 1.165) is 29.5 Å². The summed E-state index contributed by atoms with van der Waals surface area (Å²) in [6.45, 7) is 3.20. The van der Waals surface area contributed by atoms with Gasteiger partial charge in [-0.05, 0) is 42.5 Å². The number of thiazole rings is 1. The summed E-state index contributed by atoms with van der Waals surface area (Å²) >= 11 is 13.5. The van der Waals surface area contributed by atoms with Gasteiger partial charge in [-0.25, -0.2) is 4.98 Å². The van der Waals surface area contributed by atoms with Crippen molar-refractivity contribution in [2.45, 2.75) is 13.0 Å². The van der Waals surface area contributed by atoms with Gasteiger partial charge in [-0.3, -0.25) is 4.79 Å². The smallest absolute Gasteiger partial charge is 0.230 e. The van der Waals surface area contributed by atoms with Crippen LogP contribution in [0.2, 0.25) is 10.0 Å². The van der Waals surface area contributed by atoms with Crippen LogP contribution in [-0.2, 0) is 22.6 Å². The van der Waals surface area contributed by atoms with Crippen LogP contribution in [0.3, 0.4) is 0 Å². The van der Waals surface area contributed by atoms with Crippen molar-refractivity contribution < 1.29 is 14.3 Å². The molecule has 1 N–H and O–H groups in total. The third-order valence-corrected chi connectivity index (χ3v) is 6.06. The molecule has 1 aliphatic rings. The van der Waals surface area contributed by atoms with Crippen molar-refractivity contribution >= 4 is 51.8 Å². The van der Waals surface area contributed by atoms with Crippen molar-refractivity contribution in [1.29, 1.82) is 0 Å². The molecule has 0 unspecified atom stereocenters. The number of aromatic nitrogens is 1. The number of halogens is 2. The fourth-order valence-electron chi connectivity index (χ4n) is 3.22. The van der Waals surface area contributed by atoms with E-state index in [1.807, 2.05) is 17.5 Å². The molecule has 1 amide bonds. The minimum absolute atomic E-state index is 0.146. The average Bonchev–Trinajstić information content (AvgIpc) is 3.21. The lowest BCUT2D eigenvalue weighted by Gasteiger charge is -2.30. The first-order valence-corrected chi connectivity index (χ1v) is 11.4. The van der Waals surface area contributed by atoms with Gasteiger partial charge < -0.3 is 19.7 Å². The number of hydrogen-bond donors (Lipinski definition) is 1. The third kappa shape index (κ3) is 6.11. The number of nitrogens with zero attached hydrogens (tertiary/aromatic N) is 2. The quantitative estimate of drug-likeness (QED) is 0.515. The number of amides is 1. The van der Waals surface area contributed by atoms with Gasteiger partial charge in [-0.15, -0.1) is 11.3 Å². The molecule has 0 aliphatic carbocycles. The molecule has 162 valence electrons. The Hall–Kier alpha value is -2.32. The number of morpholine rings is 1. The second-order valence-corrected chi connectivity index (χ2v) is 8.78. The molecule has 1 aliphatic heterocycles. The summed E-state index contributed by atoms with van der Waals surface area (Å²) in [5, 5.41) is 6.89. The molecule has 0 bridgehead atoms. The van der Waals surface area contributed by atoms with E-state index in [4.69, 9.17) is 32.7 Å². The number of nitrogens with one attached hydrogen (secondary N) is 1. The maximum Gasteiger partial charge on any atom is 0.230 e. The molecule has 6 nitrogen and oxygen atoms in total. The van der Waals surface area contributed by atoms with Crippen molar-refractivity contribution in [3.05, 3.63) is 68.6 Å². The van der Waals surface area contributed by atoms with Crippen LogP contribution in [0.4, 0.5) is 11.4 Å². The van der Waals surface area contributed by atoms with Gasteiger partial charge in [0.2, 0.25) is 5.91 Å². The number of hydrogen-bond acceptors (Lipinski definition) is 6. The highest BCUT2D eigenvalue weighted by molar-refractivity contribution is 7.09. The fourth-order valence-corrected chi connectivity index (χ4v) is 4.22. The molecule has 1 saturated heterocycles. The lowest BCUT2D eigenvalue weighted by molar-refractivity contribution is -0.115. The normalized spacial score (nSPS) is 13.8. The van der Waals surface area contributed by atoms with E-state index >= 15 is 0 Å².